The van der Waals surface area contributed by atoms with Crippen LogP contribution in [0, 0.1) is 13.8 Å². The molecule has 0 atom stereocenters. The van der Waals surface area contributed by atoms with Crippen molar-refractivity contribution in [2.45, 2.75) is 33.9 Å². The van der Waals surface area contributed by atoms with Gasteiger partial charge in [0.15, 0.2) is 10.6 Å². The number of amides is 2. The Morgan fingerprint density at radius 1 is 1.10 bits per heavy atom. The number of aromatic nitrogens is 2. The van der Waals surface area contributed by atoms with Crippen molar-refractivity contribution < 1.29 is 9.59 Å². The number of aryl methyl sites for hydroxylation is 2. The molecule has 2 aromatic heterocycles. The first-order valence-corrected chi connectivity index (χ1v) is 9.97. The molecule has 0 aliphatic heterocycles. The molecule has 7 nitrogen and oxygen atoms in total. The van der Waals surface area contributed by atoms with Crippen LogP contribution in [-0.2, 0) is 22.7 Å². The number of hydrogen-bond donors (Lipinski definition) is 2. The fourth-order valence-corrected chi connectivity index (χ4v) is 3.66. The quantitative estimate of drug-likeness (QED) is 0.653. The molecule has 0 saturated heterocycles. The van der Waals surface area contributed by atoms with E-state index in [1.165, 1.54) is 30.4 Å². The van der Waals surface area contributed by atoms with E-state index in [9.17, 15) is 14.4 Å². The Labute approximate surface area is 172 Å². The van der Waals surface area contributed by atoms with Crippen LogP contribution in [0.15, 0.2) is 46.6 Å². The lowest BCUT2D eigenvalue weighted by Gasteiger charge is -2.13. The van der Waals surface area contributed by atoms with Crippen LogP contribution in [-0.4, -0.2) is 21.4 Å². The molecule has 0 radical (unpaired) electrons. The van der Waals surface area contributed by atoms with Gasteiger partial charge in [0.25, 0.3) is 0 Å². The molecule has 3 rings (SSSR count). The molecular formula is C21H22N4O3S. The van der Waals surface area contributed by atoms with Gasteiger partial charge < -0.3 is 15.2 Å². The highest BCUT2D eigenvalue weighted by atomic mass is 32.1. The second-order valence-electron chi connectivity index (χ2n) is 6.75. The molecule has 2 amide bonds. The van der Waals surface area contributed by atoms with Crippen LogP contribution in [0.25, 0.3) is 11.3 Å². The number of thiazole rings is 1. The summed E-state index contributed by atoms with van der Waals surface area (Å²) in [5.74, 6) is -0.270. The first kappa shape index (κ1) is 20.5. The van der Waals surface area contributed by atoms with Gasteiger partial charge in [-0.2, -0.15) is 0 Å². The van der Waals surface area contributed by atoms with Crippen molar-refractivity contribution in [3.8, 4) is 11.3 Å². The molecule has 0 bridgehead atoms. The van der Waals surface area contributed by atoms with E-state index in [4.69, 9.17) is 0 Å². The molecule has 0 spiro atoms. The molecule has 2 heterocycles. The summed E-state index contributed by atoms with van der Waals surface area (Å²) in [6, 6.07) is 10.8. The third-order valence-corrected chi connectivity index (χ3v) is 5.15. The van der Waals surface area contributed by atoms with Crippen LogP contribution in [0.3, 0.4) is 0 Å². The maximum Gasteiger partial charge on any atom is 0.246 e. The summed E-state index contributed by atoms with van der Waals surface area (Å²) in [6.45, 7) is 5.69. The molecule has 150 valence electrons. The van der Waals surface area contributed by atoms with Gasteiger partial charge in [0.2, 0.25) is 11.8 Å². The lowest BCUT2D eigenvalue weighted by Crippen LogP contribution is -2.23. The average Bonchev–Trinajstić information content (AvgIpc) is 3.11. The van der Waals surface area contributed by atoms with Gasteiger partial charge in [0.05, 0.1) is 5.69 Å². The fraction of sp³-hybridized carbons (Fsp3) is 0.238. The zero-order valence-electron chi connectivity index (χ0n) is 16.5. The van der Waals surface area contributed by atoms with Crippen LogP contribution < -0.4 is 16.1 Å². The molecule has 0 fully saturated rings. The van der Waals surface area contributed by atoms with Crippen LogP contribution in [0.4, 0.5) is 5.13 Å². The predicted molar refractivity (Wildman–Crippen MR) is 114 cm³/mol. The Balaban J connectivity index is 1.65. The van der Waals surface area contributed by atoms with Gasteiger partial charge in [-0.05, 0) is 19.4 Å². The van der Waals surface area contributed by atoms with Gasteiger partial charge in [-0.15, -0.1) is 11.3 Å². The zero-order chi connectivity index (χ0) is 21.0. The number of nitrogens with one attached hydrogen (secondary N) is 2. The largest absolute Gasteiger partial charge is 0.352 e. The predicted octanol–water partition coefficient (Wildman–Crippen LogP) is 2.86. The number of anilines is 1. The monoisotopic (exact) mass is 410 g/mol. The van der Waals surface area contributed by atoms with E-state index in [-0.39, 0.29) is 23.8 Å². The topological polar surface area (TPSA) is 93.1 Å². The number of nitrogens with zero attached hydrogens (tertiary/aromatic N) is 2. The Bertz CT molecular complexity index is 1070. The molecule has 29 heavy (non-hydrogen) atoms. The van der Waals surface area contributed by atoms with Crippen molar-refractivity contribution in [2.24, 2.45) is 0 Å². The lowest BCUT2D eigenvalue weighted by atomic mass is 10.1. The van der Waals surface area contributed by atoms with Crippen LogP contribution in [0.2, 0.25) is 0 Å². The highest BCUT2D eigenvalue weighted by Gasteiger charge is 2.11. The van der Waals surface area contributed by atoms with E-state index < -0.39 is 0 Å². The number of benzene rings is 1. The maximum absolute atomic E-state index is 12.4. The number of carbonyl (C=O) groups excluding carboxylic acids is 2. The van der Waals surface area contributed by atoms with Gasteiger partial charge in [-0.25, -0.2) is 4.98 Å². The van der Waals surface area contributed by atoms with Crippen LogP contribution >= 0.6 is 11.3 Å². The molecule has 0 aliphatic rings. The van der Waals surface area contributed by atoms with Crippen LogP contribution in [0.5, 0.6) is 0 Å². The molecule has 0 aliphatic carbocycles. The van der Waals surface area contributed by atoms with E-state index in [0.29, 0.717) is 11.7 Å². The first-order chi connectivity index (χ1) is 13.8. The summed E-state index contributed by atoms with van der Waals surface area (Å²) in [4.78, 5) is 39.4. The fourth-order valence-electron chi connectivity index (χ4n) is 2.92. The second kappa shape index (κ2) is 8.83. The van der Waals surface area contributed by atoms with Crippen molar-refractivity contribution in [1.82, 2.24) is 14.9 Å². The van der Waals surface area contributed by atoms with Crippen molar-refractivity contribution in [2.75, 3.05) is 5.32 Å². The van der Waals surface area contributed by atoms with E-state index in [1.807, 2.05) is 29.6 Å². The van der Waals surface area contributed by atoms with Gasteiger partial charge in [-0.1, -0.05) is 24.3 Å². The third-order valence-electron chi connectivity index (χ3n) is 4.40. The summed E-state index contributed by atoms with van der Waals surface area (Å²) in [7, 11) is 0. The Hall–Kier alpha value is -3.26. The number of hydrogen-bond acceptors (Lipinski definition) is 5. The minimum absolute atomic E-state index is 0.0654. The highest BCUT2D eigenvalue weighted by Crippen LogP contribution is 2.25. The standard InChI is InChI=1S/C21H22N4O3S/c1-13-8-18(27)9-14(2)25(13)11-20(28)24-21-23-19(12-29-21)17-6-4-16(5-7-17)10-22-15(3)26/h4-9,12H,10-11H2,1-3H3,(H,22,26)(H,23,24,28). The first-order valence-electron chi connectivity index (χ1n) is 9.09. The molecule has 0 unspecified atom stereocenters. The summed E-state index contributed by atoms with van der Waals surface area (Å²) in [5.41, 5.74) is 4.12. The van der Waals surface area contributed by atoms with Gasteiger partial charge in [-0.3, -0.25) is 14.4 Å². The highest BCUT2D eigenvalue weighted by molar-refractivity contribution is 7.14. The maximum atomic E-state index is 12.4. The smallest absolute Gasteiger partial charge is 0.246 e. The van der Waals surface area contributed by atoms with Crippen LogP contribution in [0.1, 0.15) is 23.9 Å². The Morgan fingerprint density at radius 2 is 1.76 bits per heavy atom. The molecule has 8 heteroatoms. The number of carbonyl (C=O) groups is 2. The molecule has 3 aromatic rings. The Morgan fingerprint density at radius 3 is 2.38 bits per heavy atom. The number of rotatable bonds is 6. The molecule has 2 N–H and O–H groups in total. The van der Waals surface area contributed by atoms with Gasteiger partial charge in [0.1, 0.15) is 6.54 Å². The zero-order valence-corrected chi connectivity index (χ0v) is 17.3. The van der Waals surface area contributed by atoms with Crippen molar-refractivity contribution in [1.29, 1.82) is 0 Å². The van der Waals surface area contributed by atoms with E-state index in [1.54, 1.807) is 18.4 Å². The van der Waals surface area contributed by atoms with E-state index >= 15 is 0 Å². The normalized spacial score (nSPS) is 10.6. The van der Waals surface area contributed by atoms with E-state index in [0.717, 1.165) is 28.2 Å². The summed E-state index contributed by atoms with van der Waals surface area (Å²) in [5, 5.41) is 7.97. The molecular weight excluding hydrogens is 388 g/mol. The third kappa shape index (κ3) is 5.39. The number of pyridine rings is 1. The lowest BCUT2D eigenvalue weighted by molar-refractivity contribution is -0.119. The molecule has 1 aromatic carbocycles. The molecule has 0 saturated carbocycles. The van der Waals surface area contributed by atoms with Crippen molar-refractivity contribution in [3.05, 3.63) is 69.0 Å². The average molecular weight is 410 g/mol. The van der Waals surface area contributed by atoms with Gasteiger partial charge >= 0.3 is 0 Å². The minimum atomic E-state index is -0.202. The SMILES string of the molecule is CC(=O)NCc1ccc(-c2csc(NC(=O)Cn3c(C)cc(=O)cc3C)n2)cc1. The summed E-state index contributed by atoms with van der Waals surface area (Å²) in [6.07, 6.45) is 0. The van der Waals surface area contributed by atoms with Crippen molar-refractivity contribution in [3.63, 3.8) is 0 Å². The second-order valence-corrected chi connectivity index (χ2v) is 7.61. The minimum Gasteiger partial charge on any atom is -0.352 e. The Kier molecular flexibility index (Phi) is 6.23. The van der Waals surface area contributed by atoms with E-state index in [2.05, 4.69) is 15.6 Å². The summed E-state index contributed by atoms with van der Waals surface area (Å²) < 4.78 is 1.79. The summed E-state index contributed by atoms with van der Waals surface area (Å²) >= 11 is 1.35. The van der Waals surface area contributed by atoms with Gasteiger partial charge in [0, 0.05) is 47.9 Å². The van der Waals surface area contributed by atoms with Crippen molar-refractivity contribution >= 4 is 28.3 Å².